The maximum absolute atomic E-state index is 12.8. The fourth-order valence-electron chi connectivity index (χ4n) is 2.46. The van der Waals surface area contributed by atoms with Gasteiger partial charge in [0.15, 0.2) is 0 Å². The van der Waals surface area contributed by atoms with Gasteiger partial charge in [0.2, 0.25) is 0 Å². The highest BCUT2D eigenvalue weighted by molar-refractivity contribution is 6.31. The predicted molar refractivity (Wildman–Crippen MR) is 86.2 cm³/mol. The summed E-state index contributed by atoms with van der Waals surface area (Å²) in [5, 5.41) is 3.88. The second-order valence-electron chi connectivity index (χ2n) is 5.40. The number of carbonyl (C=O) groups excluding carboxylic acids is 1. The van der Waals surface area contributed by atoms with Crippen LogP contribution in [0, 0.1) is 0 Å². The van der Waals surface area contributed by atoms with Crippen molar-refractivity contribution in [3.63, 3.8) is 0 Å². The van der Waals surface area contributed by atoms with Crippen molar-refractivity contribution in [3.8, 4) is 0 Å². The highest BCUT2D eigenvalue weighted by Gasteiger charge is 2.23. The lowest BCUT2D eigenvalue weighted by Crippen LogP contribution is -2.36. The van der Waals surface area contributed by atoms with Gasteiger partial charge in [-0.2, -0.15) is 0 Å². The van der Waals surface area contributed by atoms with Crippen LogP contribution in [0.5, 0.6) is 0 Å². The monoisotopic (exact) mass is 310 g/mol. The van der Waals surface area contributed by atoms with Crippen LogP contribution in [0.1, 0.15) is 37.0 Å². The largest absolute Gasteiger partial charge is 0.384 e. The second-order valence-corrected chi connectivity index (χ2v) is 5.84. The number of carbonyl (C=O) groups is 1. The maximum Gasteiger partial charge on any atom is 0.256 e. The summed E-state index contributed by atoms with van der Waals surface area (Å²) in [6.45, 7) is 6.99. The molecular weight excluding hydrogens is 288 g/mol. The van der Waals surface area contributed by atoms with E-state index >= 15 is 0 Å². The van der Waals surface area contributed by atoms with E-state index in [1.54, 1.807) is 6.07 Å². The summed E-state index contributed by atoms with van der Waals surface area (Å²) < 4.78 is 5.60. The number of nitrogens with one attached hydrogen (secondary N) is 1. The van der Waals surface area contributed by atoms with Gasteiger partial charge in [-0.15, -0.1) is 0 Å². The minimum Gasteiger partial charge on any atom is -0.384 e. The number of amides is 1. The van der Waals surface area contributed by atoms with E-state index in [2.05, 4.69) is 12.2 Å². The fourth-order valence-corrected chi connectivity index (χ4v) is 2.63. The molecule has 116 valence electrons. The molecule has 1 aromatic carbocycles. The molecule has 1 unspecified atom stereocenters. The predicted octanol–water partition coefficient (Wildman–Crippen LogP) is 3.41. The van der Waals surface area contributed by atoms with Crippen LogP contribution in [0.2, 0.25) is 5.02 Å². The standard InChI is InChI=1S/C16H23ClN2O2/c1-3-7-18-15-6-5-13(17)10-14(15)16(20)19-8-4-9-21-12(2)11-19/h5-6,10,12,18H,3-4,7-9,11H2,1-2H3. The van der Waals surface area contributed by atoms with Crippen LogP contribution >= 0.6 is 11.6 Å². The number of anilines is 1. The smallest absolute Gasteiger partial charge is 0.256 e. The second kappa shape index (κ2) is 7.66. The summed E-state index contributed by atoms with van der Waals surface area (Å²) >= 11 is 6.07. The van der Waals surface area contributed by atoms with Gasteiger partial charge in [-0.25, -0.2) is 0 Å². The van der Waals surface area contributed by atoms with Crippen LogP contribution in [-0.2, 0) is 4.74 Å². The Morgan fingerprint density at radius 2 is 2.33 bits per heavy atom. The molecule has 0 saturated carbocycles. The molecule has 1 aliphatic rings. The minimum absolute atomic E-state index is 0.0217. The summed E-state index contributed by atoms with van der Waals surface area (Å²) in [4.78, 5) is 14.7. The van der Waals surface area contributed by atoms with Gasteiger partial charge < -0.3 is 15.0 Å². The molecule has 1 saturated heterocycles. The average Bonchev–Trinajstić information content (AvgIpc) is 2.70. The molecule has 0 bridgehead atoms. The molecule has 0 spiro atoms. The highest BCUT2D eigenvalue weighted by atomic mass is 35.5. The van der Waals surface area contributed by atoms with Gasteiger partial charge in [-0.3, -0.25) is 4.79 Å². The Bertz CT molecular complexity index is 493. The zero-order valence-electron chi connectivity index (χ0n) is 12.7. The lowest BCUT2D eigenvalue weighted by molar-refractivity contribution is 0.0563. The van der Waals surface area contributed by atoms with Crippen molar-refractivity contribution in [2.45, 2.75) is 32.8 Å². The first kappa shape index (κ1) is 16.1. The van der Waals surface area contributed by atoms with E-state index in [1.165, 1.54) is 0 Å². The van der Waals surface area contributed by atoms with E-state index in [4.69, 9.17) is 16.3 Å². The quantitative estimate of drug-likeness (QED) is 0.926. The normalized spacial score (nSPS) is 19.2. The fraction of sp³-hybridized carbons (Fsp3) is 0.562. The Morgan fingerprint density at radius 3 is 3.10 bits per heavy atom. The SMILES string of the molecule is CCCNc1ccc(Cl)cc1C(=O)N1CCCOC(C)C1. The molecule has 1 aliphatic heterocycles. The van der Waals surface area contributed by atoms with E-state index in [-0.39, 0.29) is 12.0 Å². The van der Waals surface area contributed by atoms with Crippen molar-refractivity contribution in [1.29, 1.82) is 0 Å². The van der Waals surface area contributed by atoms with Gasteiger partial charge in [0, 0.05) is 37.0 Å². The van der Waals surface area contributed by atoms with Crippen LogP contribution in [0.25, 0.3) is 0 Å². The van der Waals surface area contributed by atoms with Crippen LogP contribution in [0.15, 0.2) is 18.2 Å². The lowest BCUT2D eigenvalue weighted by Gasteiger charge is -2.23. The molecule has 0 radical (unpaired) electrons. The number of benzene rings is 1. The lowest BCUT2D eigenvalue weighted by atomic mass is 10.1. The Balaban J connectivity index is 2.21. The third-order valence-electron chi connectivity index (χ3n) is 3.52. The van der Waals surface area contributed by atoms with Crippen LogP contribution in [0.4, 0.5) is 5.69 Å². The van der Waals surface area contributed by atoms with Crippen molar-refractivity contribution in [1.82, 2.24) is 4.90 Å². The third-order valence-corrected chi connectivity index (χ3v) is 3.75. The van der Waals surface area contributed by atoms with Crippen molar-refractivity contribution >= 4 is 23.2 Å². The molecule has 1 aromatic rings. The molecule has 21 heavy (non-hydrogen) atoms. The van der Waals surface area contributed by atoms with Gasteiger partial charge in [0.05, 0.1) is 11.7 Å². The van der Waals surface area contributed by atoms with E-state index in [1.807, 2.05) is 24.0 Å². The molecule has 1 fully saturated rings. The van der Waals surface area contributed by atoms with Gasteiger partial charge >= 0.3 is 0 Å². The summed E-state index contributed by atoms with van der Waals surface area (Å²) in [6.07, 6.45) is 1.95. The summed E-state index contributed by atoms with van der Waals surface area (Å²) in [5.41, 5.74) is 1.49. The Morgan fingerprint density at radius 1 is 1.52 bits per heavy atom. The van der Waals surface area contributed by atoms with Crippen LogP contribution < -0.4 is 5.32 Å². The van der Waals surface area contributed by atoms with Crippen molar-refractivity contribution in [3.05, 3.63) is 28.8 Å². The number of hydrogen-bond donors (Lipinski definition) is 1. The van der Waals surface area contributed by atoms with E-state index in [0.29, 0.717) is 23.7 Å². The molecule has 5 heteroatoms. The summed E-state index contributed by atoms with van der Waals surface area (Å²) in [5.74, 6) is 0.0217. The number of ether oxygens (including phenoxy) is 1. The van der Waals surface area contributed by atoms with E-state index in [9.17, 15) is 4.79 Å². The topological polar surface area (TPSA) is 41.6 Å². The molecule has 1 heterocycles. The molecule has 0 aromatic heterocycles. The van der Waals surface area contributed by atoms with Crippen molar-refractivity contribution in [2.24, 2.45) is 0 Å². The molecule has 0 aliphatic carbocycles. The Kier molecular flexibility index (Phi) is 5.88. The van der Waals surface area contributed by atoms with Gasteiger partial charge in [0.1, 0.15) is 0 Å². The Labute approximate surface area is 131 Å². The molecule has 2 rings (SSSR count). The number of hydrogen-bond acceptors (Lipinski definition) is 3. The maximum atomic E-state index is 12.8. The first-order chi connectivity index (χ1) is 10.1. The molecule has 1 atom stereocenters. The van der Waals surface area contributed by atoms with Gasteiger partial charge in [-0.1, -0.05) is 18.5 Å². The highest BCUT2D eigenvalue weighted by Crippen LogP contribution is 2.23. The van der Waals surface area contributed by atoms with Crippen molar-refractivity contribution < 1.29 is 9.53 Å². The molecule has 1 amide bonds. The number of rotatable bonds is 4. The number of nitrogens with zero attached hydrogens (tertiary/aromatic N) is 1. The van der Waals surface area contributed by atoms with E-state index in [0.717, 1.165) is 31.6 Å². The first-order valence-electron chi connectivity index (χ1n) is 7.56. The Hall–Kier alpha value is -1.26. The summed E-state index contributed by atoms with van der Waals surface area (Å²) in [7, 11) is 0. The molecule has 1 N–H and O–H groups in total. The van der Waals surface area contributed by atoms with Crippen molar-refractivity contribution in [2.75, 3.05) is 31.6 Å². The van der Waals surface area contributed by atoms with Gasteiger partial charge in [0.25, 0.3) is 5.91 Å². The van der Waals surface area contributed by atoms with Crippen LogP contribution in [-0.4, -0.2) is 43.2 Å². The zero-order chi connectivity index (χ0) is 15.2. The minimum atomic E-state index is 0.0217. The third kappa shape index (κ3) is 4.35. The average molecular weight is 311 g/mol. The van der Waals surface area contributed by atoms with Crippen LogP contribution in [0.3, 0.4) is 0 Å². The molecule has 4 nitrogen and oxygen atoms in total. The summed E-state index contributed by atoms with van der Waals surface area (Å²) in [6, 6.07) is 5.44. The first-order valence-corrected chi connectivity index (χ1v) is 7.94. The zero-order valence-corrected chi connectivity index (χ0v) is 13.4. The van der Waals surface area contributed by atoms with E-state index < -0.39 is 0 Å². The molecular formula is C16H23ClN2O2. The number of halogens is 1. The van der Waals surface area contributed by atoms with Gasteiger partial charge in [-0.05, 0) is 38.0 Å².